The fourth-order valence-corrected chi connectivity index (χ4v) is 3.87. The van der Waals surface area contributed by atoms with Gasteiger partial charge in [-0.2, -0.15) is 0 Å². The first-order valence-corrected chi connectivity index (χ1v) is 8.80. The molecule has 2 aromatic rings. The van der Waals surface area contributed by atoms with Crippen LogP contribution in [-0.2, 0) is 17.8 Å². The van der Waals surface area contributed by atoms with Crippen LogP contribution in [0.1, 0.15) is 31.1 Å². The molecule has 25 heavy (non-hydrogen) atoms. The largest absolute Gasteiger partial charge is 0.360 e. The quantitative estimate of drug-likeness (QED) is 0.911. The number of amides is 1. The number of carbonyl (C=O) groups is 1. The summed E-state index contributed by atoms with van der Waals surface area (Å²) in [6.07, 6.45) is 2.57. The van der Waals surface area contributed by atoms with Gasteiger partial charge in [-0.15, -0.1) is 0 Å². The van der Waals surface area contributed by atoms with Crippen molar-refractivity contribution in [2.24, 2.45) is 5.41 Å². The van der Waals surface area contributed by atoms with Gasteiger partial charge in [0.25, 0.3) is 0 Å². The van der Waals surface area contributed by atoms with E-state index in [1.807, 2.05) is 17.9 Å². The second kappa shape index (κ2) is 6.26. The van der Waals surface area contributed by atoms with Crippen LogP contribution in [0.25, 0.3) is 11.3 Å². The summed E-state index contributed by atoms with van der Waals surface area (Å²) in [5.74, 6) is 0.672. The summed E-state index contributed by atoms with van der Waals surface area (Å²) < 4.78 is 19.0. The maximum atomic E-state index is 13.6. The number of rotatable bonds is 2. The Balaban J connectivity index is 1.60. The van der Waals surface area contributed by atoms with E-state index in [1.165, 1.54) is 12.1 Å². The summed E-state index contributed by atoms with van der Waals surface area (Å²) in [7, 11) is 0. The third kappa shape index (κ3) is 2.95. The third-order valence-corrected chi connectivity index (χ3v) is 5.33. The van der Waals surface area contributed by atoms with Crippen molar-refractivity contribution < 1.29 is 13.7 Å². The van der Waals surface area contributed by atoms with Crippen molar-refractivity contribution in [3.8, 4) is 11.3 Å². The molecule has 4 rings (SSSR count). The first kappa shape index (κ1) is 16.3. The number of nitrogens with zero attached hydrogens (tertiary/aromatic N) is 2. The Morgan fingerprint density at radius 1 is 1.44 bits per heavy atom. The third-order valence-electron chi connectivity index (χ3n) is 5.33. The minimum Gasteiger partial charge on any atom is -0.360 e. The number of halogens is 1. The smallest absolute Gasteiger partial charge is 0.230 e. The van der Waals surface area contributed by atoms with Crippen LogP contribution in [0.15, 0.2) is 28.8 Å². The highest BCUT2D eigenvalue weighted by molar-refractivity contribution is 5.83. The molecule has 1 amide bonds. The highest BCUT2D eigenvalue weighted by Crippen LogP contribution is 2.34. The van der Waals surface area contributed by atoms with Crippen molar-refractivity contribution in [1.82, 2.24) is 15.4 Å². The monoisotopic (exact) mass is 343 g/mol. The molecular weight excluding hydrogens is 321 g/mol. The Hall–Kier alpha value is -2.21. The van der Waals surface area contributed by atoms with Gasteiger partial charge in [0.15, 0.2) is 0 Å². The Labute approximate surface area is 146 Å². The summed E-state index contributed by atoms with van der Waals surface area (Å²) in [6.45, 7) is 4.84. The van der Waals surface area contributed by atoms with E-state index in [4.69, 9.17) is 4.52 Å². The van der Waals surface area contributed by atoms with Crippen LogP contribution in [0.2, 0.25) is 0 Å². The van der Waals surface area contributed by atoms with E-state index in [9.17, 15) is 9.18 Å². The van der Waals surface area contributed by atoms with Crippen LogP contribution in [0, 0.1) is 11.2 Å². The topological polar surface area (TPSA) is 58.4 Å². The van der Waals surface area contributed by atoms with Gasteiger partial charge in [-0.1, -0.05) is 17.3 Å². The molecule has 2 aliphatic rings. The normalized spacial score (nSPS) is 23.4. The summed E-state index contributed by atoms with van der Waals surface area (Å²) >= 11 is 0. The number of hydrogen-bond acceptors (Lipinski definition) is 4. The zero-order valence-electron chi connectivity index (χ0n) is 14.3. The van der Waals surface area contributed by atoms with E-state index in [1.54, 1.807) is 6.07 Å². The van der Waals surface area contributed by atoms with E-state index in [-0.39, 0.29) is 17.1 Å². The van der Waals surface area contributed by atoms with Crippen molar-refractivity contribution in [3.05, 3.63) is 41.4 Å². The molecule has 0 bridgehead atoms. The van der Waals surface area contributed by atoms with Crippen molar-refractivity contribution in [2.45, 2.75) is 32.7 Å². The van der Waals surface area contributed by atoms with Crippen LogP contribution < -0.4 is 5.32 Å². The maximum absolute atomic E-state index is 13.6. The lowest BCUT2D eigenvalue weighted by Gasteiger charge is -2.38. The summed E-state index contributed by atoms with van der Waals surface area (Å²) in [4.78, 5) is 15.0. The minimum atomic E-state index is -0.355. The van der Waals surface area contributed by atoms with Gasteiger partial charge in [-0.05, 0) is 38.4 Å². The molecule has 5 nitrogen and oxygen atoms in total. The average Bonchev–Trinajstić information content (AvgIpc) is 3.05. The fourth-order valence-electron chi connectivity index (χ4n) is 3.87. The SMILES string of the molecule is C[C@]1(C(=O)N2CCc3onc(-c4cccc(F)c4)c3C2)CCCNC1. The van der Waals surface area contributed by atoms with Crippen LogP contribution in [-0.4, -0.2) is 35.6 Å². The lowest BCUT2D eigenvalue weighted by molar-refractivity contribution is -0.143. The molecule has 0 unspecified atom stereocenters. The van der Waals surface area contributed by atoms with Gasteiger partial charge in [-0.25, -0.2) is 4.39 Å². The Kier molecular flexibility index (Phi) is 4.07. The van der Waals surface area contributed by atoms with Gasteiger partial charge >= 0.3 is 0 Å². The van der Waals surface area contributed by atoms with Crippen LogP contribution in [0.5, 0.6) is 0 Å². The van der Waals surface area contributed by atoms with Gasteiger partial charge in [0, 0.05) is 30.6 Å². The number of nitrogens with one attached hydrogen (secondary N) is 1. The summed E-state index contributed by atoms with van der Waals surface area (Å²) in [6, 6.07) is 6.33. The lowest BCUT2D eigenvalue weighted by atomic mass is 9.81. The number of hydrogen-bond donors (Lipinski definition) is 1. The molecule has 0 spiro atoms. The zero-order chi connectivity index (χ0) is 17.4. The number of benzene rings is 1. The Morgan fingerprint density at radius 2 is 2.32 bits per heavy atom. The maximum Gasteiger partial charge on any atom is 0.230 e. The molecule has 0 aliphatic carbocycles. The molecule has 1 fully saturated rings. The van der Waals surface area contributed by atoms with Crippen LogP contribution in [0.3, 0.4) is 0 Å². The standard InChI is InChI=1S/C19H22FN3O2/c1-19(7-3-8-21-12-19)18(24)23-9-6-16-15(11-23)17(22-25-16)13-4-2-5-14(20)10-13/h2,4-5,10,21H,3,6-9,11-12H2,1H3/t19-/m0/s1. The van der Waals surface area contributed by atoms with Crippen LogP contribution >= 0.6 is 0 Å². The summed E-state index contributed by atoms with van der Waals surface area (Å²) in [5, 5.41) is 7.47. The predicted molar refractivity (Wildman–Crippen MR) is 91.2 cm³/mol. The Bertz CT molecular complexity index is 796. The van der Waals surface area contributed by atoms with E-state index in [2.05, 4.69) is 10.5 Å². The summed E-state index contributed by atoms with van der Waals surface area (Å²) in [5.41, 5.74) is 1.87. The number of fused-ring (bicyclic) bond motifs is 1. The average molecular weight is 343 g/mol. The van der Waals surface area contributed by atoms with Crippen molar-refractivity contribution >= 4 is 5.91 Å². The van der Waals surface area contributed by atoms with E-state index < -0.39 is 0 Å². The molecule has 132 valence electrons. The first-order chi connectivity index (χ1) is 12.1. The first-order valence-electron chi connectivity index (χ1n) is 8.80. The Morgan fingerprint density at radius 3 is 3.08 bits per heavy atom. The van der Waals surface area contributed by atoms with Gasteiger partial charge in [0.1, 0.15) is 17.3 Å². The zero-order valence-corrected chi connectivity index (χ0v) is 14.3. The number of carbonyl (C=O) groups excluding carboxylic acids is 1. The minimum absolute atomic E-state index is 0.178. The highest BCUT2D eigenvalue weighted by atomic mass is 19.1. The fraction of sp³-hybridized carbons (Fsp3) is 0.474. The van der Waals surface area contributed by atoms with E-state index in [0.29, 0.717) is 30.8 Å². The van der Waals surface area contributed by atoms with Gasteiger partial charge in [-0.3, -0.25) is 4.79 Å². The predicted octanol–water partition coefficient (Wildman–Crippen LogP) is 2.76. The van der Waals surface area contributed by atoms with Gasteiger partial charge in [0.2, 0.25) is 5.91 Å². The van der Waals surface area contributed by atoms with Gasteiger partial charge < -0.3 is 14.7 Å². The van der Waals surface area contributed by atoms with E-state index in [0.717, 1.165) is 37.3 Å². The second-order valence-corrected chi connectivity index (χ2v) is 7.26. The van der Waals surface area contributed by atoms with E-state index >= 15 is 0 Å². The molecule has 0 saturated carbocycles. The number of aromatic nitrogens is 1. The molecule has 1 aromatic carbocycles. The molecule has 1 saturated heterocycles. The molecular formula is C19H22FN3O2. The molecule has 6 heteroatoms. The molecule has 3 heterocycles. The highest BCUT2D eigenvalue weighted by Gasteiger charge is 2.39. The molecule has 1 aromatic heterocycles. The molecule has 1 atom stereocenters. The lowest BCUT2D eigenvalue weighted by Crippen LogP contribution is -2.51. The van der Waals surface area contributed by atoms with Crippen LogP contribution in [0.4, 0.5) is 4.39 Å². The molecule has 2 aliphatic heterocycles. The molecule has 0 radical (unpaired) electrons. The van der Waals surface area contributed by atoms with Crippen molar-refractivity contribution in [1.29, 1.82) is 0 Å². The second-order valence-electron chi connectivity index (χ2n) is 7.26. The van der Waals surface area contributed by atoms with Gasteiger partial charge in [0.05, 0.1) is 12.0 Å². The number of piperidine rings is 1. The molecule has 1 N–H and O–H groups in total. The van der Waals surface area contributed by atoms with Crippen molar-refractivity contribution in [2.75, 3.05) is 19.6 Å². The van der Waals surface area contributed by atoms with Crippen molar-refractivity contribution in [3.63, 3.8) is 0 Å².